The van der Waals surface area contributed by atoms with Crippen molar-refractivity contribution in [2.24, 2.45) is 5.92 Å². The van der Waals surface area contributed by atoms with Gasteiger partial charge in [-0.1, -0.05) is 13.8 Å². The van der Waals surface area contributed by atoms with E-state index in [1.165, 1.54) is 0 Å². The Kier molecular flexibility index (Phi) is 4.27. The molecule has 2 rings (SSSR count). The van der Waals surface area contributed by atoms with E-state index in [4.69, 9.17) is 0 Å². The minimum absolute atomic E-state index is 0.209. The van der Waals surface area contributed by atoms with Crippen molar-refractivity contribution in [3.8, 4) is 0 Å². The first-order chi connectivity index (χ1) is 9.44. The van der Waals surface area contributed by atoms with E-state index in [1.54, 1.807) is 0 Å². The topological polar surface area (TPSA) is 90.5 Å². The smallest absolute Gasteiger partial charge is 0.325 e. The number of hydrogen-bond acceptors (Lipinski definition) is 4. The highest BCUT2D eigenvalue weighted by Crippen LogP contribution is 2.24. The van der Waals surface area contributed by atoms with Gasteiger partial charge in [0.15, 0.2) is 0 Å². The zero-order valence-corrected chi connectivity index (χ0v) is 12.0. The molecule has 0 bridgehead atoms. The van der Waals surface area contributed by atoms with Crippen LogP contribution in [0, 0.1) is 5.92 Å². The van der Waals surface area contributed by atoms with Crippen LogP contribution in [0.4, 0.5) is 4.79 Å². The van der Waals surface area contributed by atoms with Crippen LogP contribution in [0.2, 0.25) is 0 Å². The number of nitrogens with zero attached hydrogens (tertiary/aromatic N) is 1. The lowest BCUT2D eigenvalue weighted by Crippen LogP contribution is -2.57. The van der Waals surface area contributed by atoms with Gasteiger partial charge in [-0.3, -0.25) is 14.5 Å². The van der Waals surface area contributed by atoms with E-state index in [2.05, 4.69) is 16.0 Å². The lowest BCUT2D eigenvalue weighted by molar-refractivity contribution is -0.135. The van der Waals surface area contributed by atoms with Gasteiger partial charge in [0.2, 0.25) is 5.91 Å². The Bertz CT molecular complexity index is 416. The maximum absolute atomic E-state index is 12.4. The number of nitrogens with one attached hydrogen (secondary N) is 3. The molecule has 0 saturated carbocycles. The highest BCUT2D eigenvalue weighted by Gasteiger charge is 2.51. The summed E-state index contributed by atoms with van der Waals surface area (Å²) >= 11 is 0. The van der Waals surface area contributed by atoms with Crippen LogP contribution in [-0.4, -0.2) is 54.5 Å². The molecule has 1 spiro atoms. The van der Waals surface area contributed by atoms with Crippen LogP contribution in [0.5, 0.6) is 0 Å². The summed E-state index contributed by atoms with van der Waals surface area (Å²) in [5.41, 5.74) is -0.854. The number of hydrogen-bond donors (Lipinski definition) is 3. The van der Waals surface area contributed by atoms with Crippen LogP contribution >= 0.6 is 0 Å². The standard InChI is InChI=1S/C13H22N4O3/c1-9(2)6-15-10(18)7-17-11(19)13(16-12(17)20)4-3-5-14-8-13/h9,14H,3-8H2,1-2H3,(H,15,18)(H,16,20). The summed E-state index contributed by atoms with van der Waals surface area (Å²) in [6.45, 7) is 5.57. The van der Waals surface area contributed by atoms with Crippen molar-refractivity contribution in [3.05, 3.63) is 0 Å². The number of rotatable bonds is 4. The van der Waals surface area contributed by atoms with E-state index in [0.29, 0.717) is 25.4 Å². The van der Waals surface area contributed by atoms with Gasteiger partial charge in [-0.05, 0) is 25.3 Å². The minimum Gasteiger partial charge on any atom is -0.354 e. The third-order valence-corrected chi connectivity index (χ3v) is 3.64. The number of carbonyl (C=O) groups excluding carboxylic acids is 3. The van der Waals surface area contributed by atoms with Crippen LogP contribution in [0.25, 0.3) is 0 Å². The van der Waals surface area contributed by atoms with Crippen molar-refractivity contribution in [3.63, 3.8) is 0 Å². The molecule has 0 aromatic rings. The normalized spacial score (nSPS) is 26.2. The highest BCUT2D eigenvalue weighted by atomic mass is 16.2. The van der Waals surface area contributed by atoms with Gasteiger partial charge >= 0.3 is 6.03 Å². The molecule has 0 radical (unpaired) electrons. The molecule has 7 nitrogen and oxygen atoms in total. The fourth-order valence-corrected chi connectivity index (χ4v) is 2.53. The third kappa shape index (κ3) is 2.92. The summed E-state index contributed by atoms with van der Waals surface area (Å²) in [7, 11) is 0. The van der Waals surface area contributed by atoms with Gasteiger partial charge in [-0.15, -0.1) is 0 Å². The maximum Gasteiger partial charge on any atom is 0.325 e. The SMILES string of the molecule is CC(C)CNC(=O)CN1C(=O)NC2(CCCNC2)C1=O. The molecule has 1 atom stereocenters. The van der Waals surface area contributed by atoms with Crippen molar-refractivity contribution in [2.75, 3.05) is 26.2 Å². The molecule has 0 aliphatic carbocycles. The number of amides is 4. The van der Waals surface area contributed by atoms with Gasteiger partial charge in [0.1, 0.15) is 12.1 Å². The second kappa shape index (κ2) is 5.78. The zero-order chi connectivity index (χ0) is 14.8. The molecular weight excluding hydrogens is 260 g/mol. The van der Waals surface area contributed by atoms with Crippen LogP contribution in [0.1, 0.15) is 26.7 Å². The number of piperidine rings is 1. The molecule has 0 aromatic carbocycles. The van der Waals surface area contributed by atoms with Gasteiger partial charge in [0, 0.05) is 13.1 Å². The lowest BCUT2D eigenvalue weighted by Gasteiger charge is -2.31. The quantitative estimate of drug-likeness (QED) is 0.602. The lowest BCUT2D eigenvalue weighted by atomic mass is 9.90. The van der Waals surface area contributed by atoms with Gasteiger partial charge in [-0.2, -0.15) is 0 Å². The van der Waals surface area contributed by atoms with Crippen molar-refractivity contribution in [1.82, 2.24) is 20.9 Å². The maximum atomic E-state index is 12.4. The summed E-state index contributed by atoms with van der Waals surface area (Å²) in [5, 5.41) is 8.57. The second-order valence-corrected chi connectivity index (χ2v) is 5.88. The van der Waals surface area contributed by atoms with Crippen molar-refractivity contribution < 1.29 is 14.4 Å². The van der Waals surface area contributed by atoms with Gasteiger partial charge < -0.3 is 16.0 Å². The van der Waals surface area contributed by atoms with Crippen LogP contribution < -0.4 is 16.0 Å². The molecule has 0 aromatic heterocycles. The predicted molar refractivity (Wildman–Crippen MR) is 72.9 cm³/mol. The molecule has 2 aliphatic rings. The minimum atomic E-state index is -0.854. The Morgan fingerprint density at radius 1 is 1.45 bits per heavy atom. The average Bonchev–Trinajstić information content (AvgIpc) is 2.62. The molecule has 2 aliphatic heterocycles. The monoisotopic (exact) mass is 282 g/mol. The summed E-state index contributed by atoms with van der Waals surface area (Å²) in [6, 6.07) is -0.474. The highest BCUT2D eigenvalue weighted by molar-refractivity contribution is 6.09. The van der Waals surface area contributed by atoms with Gasteiger partial charge in [0.05, 0.1) is 0 Å². The third-order valence-electron chi connectivity index (χ3n) is 3.64. The van der Waals surface area contributed by atoms with Crippen molar-refractivity contribution in [1.29, 1.82) is 0 Å². The molecule has 2 heterocycles. The van der Waals surface area contributed by atoms with E-state index < -0.39 is 11.6 Å². The summed E-state index contributed by atoms with van der Waals surface area (Å²) < 4.78 is 0. The summed E-state index contributed by atoms with van der Waals surface area (Å²) in [5.74, 6) is -0.270. The van der Waals surface area contributed by atoms with Gasteiger partial charge in [-0.25, -0.2) is 4.79 Å². The molecule has 3 N–H and O–H groups in total. The van der Waals surface area contributed by atoms with E-state index in [-0.39, 0.29) is 18.4 Å². The molecule has 7 heteroatoms. The zero-order valence-electron chi connectivity index (χ0n) is 12.0. The van der Waals surface area contributed by atoms with Crippen LogP contribution in [-0.2, 0) is 9.59 Å². The van der Waals surface area contributed by atoms with Crippen LogP contribution in [0.3, 0.4) is 0 Å². The van der Waals surface area contributed by atoms with E-state index in [9.17, 15) is 14.4 Å². The Morgan fingerprint density at radius 2 is 2.20 bits per heavy atom. The number of urea groups is 1. The first-order valence-electron chi connectivity index (χ1n) is 7.06. The van der Waals surface area contributed by atoms with E-state index in [0.717, 1.165) is 17.9 Å². The molecule has 2 fully saturated rings. The number of imide groups is 1. The van der Waals surface area contributed by atoms with Gasteiger partial charge in [0.25, 0.3) is 5.91 Å². The van der Waals surface area contributed by atoms with Crippen LogP contribution in [0.15, 0.2) is 0 Å². The average molecular weight is 282 g/mol. The van der Waals surface area contributed by atoms with E-state index >= 15 is 0 Å². The molecule has 2 saturated heterocycles. The fourth-order valence-electron chi connectivity index (χ4n) is 2.53. The first kappa shape index (κ1) is 14.8. The second-order valence-electron chi connectivity index (χ2n) is 5.88. The summed E-state index contributed by atoms with van der Waals surface area (Å²) in [4.78, 5) is 37.1. The molecule has 1 unspecified atom stereocenters. The molecule has 20 heavy (non-hydrogen) atoms. The van der Waals surface area contributed by atoms with Crippen molar-refractivity contribution in [2.45, 2.75) is 32.2 Å². The molecule has 112 valence electrons. The number of carbonyl (C=O) groups is 3. The van der Waals surface area contributed by atoms with E-state index in [1.807, 2.05) is 13.8 Å². The van der Waals surface area contributed by atoms with Crippen molar-refractivity contribution >= 4 is 17.8 Å². The Morgan fingerprint density at radius 3 is 2.80 bits per heavy atom. The Hall–Kier alpha value is -1.63. The Labute approximate surface area is 118 Å². The fraction of sp³-hybridized carbons (Fsp3) is 0.769. The Balaban J connectivity index is 1.97. The molecular formula is C13H22N4O3. The molecule has 4 amide bonds. The predicted octanol–water partition coefficient (Wildman–Crippen LogP) is -0.567. The first-order valence-corrected chi connectivity index (χ1v) is 7.06. The summed E-state index contributed by atoms with van der Waals surface area (Å²) in [6.07, 6.45) is 1.45. The largest absolute Gasteiger partial charge is 0.354 e.